The molecule has 0 saturated carbocycles. The van der Waals surface area contributed by atoms with Gasteiger partial charge in [0.15, 0.2) is 25.2 Å². The third-order valence-electron chi connectivity index (χ3n) is 27.5. The number of ketones is 1. The third kappa shape index (κ3) is 36.0. The Morgan fingerprint density at radius 3 is 1.20 bits per heavy atom. The second-order valence-corrected chi connectivity index (χ2v) is 39.2. The molecule has 51 nitrogen and oxygen atoms in total. The number of carboxylic acids is 3. The quantitative estimate of drug-likeness (QED) is 0.0199. The Labute approximate surface area is 852 Å². The summed E-state index contributed by atoms with van der Waals surface area (Å²) in [4.78, 5) is 108. The van der Waals surface area contributed by atoms with Gasteiger partial charge in [-0.1, -0.05) is 154 Å². The number of hydrogen-bond donors (Lipinski definition) is 29. The predicted molar refractivity (Wildman–Crippen MR) is 502 cm³/mol. The van der Waals surface area contributed by atoms with E-state index in [0.717, 1.165) is 124 Å². The van der Waals surface area contributed by atoms with Crippen LogP contribution >= 0.6 is 0 Å². The van der Waals surface area contributed by atoms with Crippen LogP contribution in [0.15, 0.2) is 24.3 Å². The second-order valence-electron chi connectivity index (χ2n) is 39.2. The summed E-state index contributed by atoms with van der Waals surface area (Å²) in [6.45, 7) is -2.21. The number of amides is 4. The highest BCUT2D eigenvalue weighted by atomic mass is 16.8. The van der Waals surface area contributed by atoms with E-state index in [1.807, 2.05) is 0 Å². The van der Waals surface area contributed by atoms with E-state index >= 15 is 0 Å². The number of aliphatic carboxylic acids is 3. The van der Waals surface area contributed by atoms with Crippen molar-refractivity contribution in [2.75, 3.05) is 52.9 Å². The Morgan fingerprint density at radius 2 is 0.762 bits per heavy atom. The highest BCUT2D eigenvalue weighted by Gasteiger charge is 2.66. The Kier molecular flexibility index (Phi) is 54.9. The number of aliphatic hydroxyl groups is 22. The number of carbonyl (C=O) groups excluding carboxylic acids is 5. The largest absolute Gasteiger partial charge is 0.477 e. The van der Waals surface area contributed by atoms with Gasteiger partial charge in [0.1, 0.15) is 146 Å². The lowest BCUT2D eigenvalue weighted by Gasteiger charge is -2.53. The molecule has 0 bridgehead atoms. The molecule has 0 spiro atoms. The Morgan fingerprint density at radius 1 is 0.388 bits per heavy atom. The molecule has 0 aromatic heterocycles. The summed E-state index contributed by atoms with van der Waals surface area (Å²) >= 11 is 0. The summed E-state index contributed by atoms with van der Waals surface area (Å²) < 4.78 is 84.4. The van der Waals surface area contributed by atoms with Gasteiger partial charge in [-0.2, -0.15) is 0 Å². The van der Waals surface area contributed by atoms with Gasteiger partial charge in [-0.25, -0.2) is 14.4 Å². The van der Waals surface area contributed by atoms with Crippen molar-refractivity contribution in [3.8, 4) is 0 Å². The summed E-state index contributed by atoms with van der Waals surface area (Å²) in [5.41, 5.74) is 0. The Bertz CT molecular complexity index is 3960. The standard InChI is InChI=1S/C96H164N4O47/c1-7-9-11-13-15-17-19-21-22-24-26-28-30-32-34-36-66(117)100-54(55(112)35-33-31-29-27-25-23-20-18-16-14-12-10-8-2)48-134-88-78(126)76(124)81(64(46-106)137-88)140-90-79(127)86(82(65(47-107)138-90)141-87-53(37-49(3)108)80(72(120)61(43-103)135-87)139-89-77(125)75(123)71(119)60(42-102)136-89)147-96(93(132)133)40-58(115)69(99-52(6)111)85(146-96)74(122)63(45-105)143-95(92(130)131)39-57(114)68(98-51(5)110)84(145-95)73(121)62(44-104)142-94(91(128)129)38-56(113)67(97-50(4)109)83(144-94)70(118)59(116)41-101/h17,19,33,35,53-65,67-90,101-107,112-116,118-127H,7-16,18,20-32,34,36-48H2,1-6H3,(H,97,109)(H,98,110)(H,99,111)(H,100,117)(H,128,129)(H,130,131)(H,132,133)/t53-,54+,55-,56+,57+,58+,59-,60-,61-,62-,63-,64-,65-,67-,68-,69-,70-,71+,72+,73-,74-,75+,76-,77-,78-,79-,80-,81-,82+,83?,84?,85?,86-,87+,88-,89+,90+,94-,95-,96+/m1/s1. The molecule has 7 fully saturated rings. The lowest BCUT2D eigenvalue weighted by atomic mass is 9.86. The van der Waals surface area contributed by atoms with E-state index in [1.165, 1.54) is 57.4 Å². The van der Waals surface area contributed by atoms with E-state index in [-0.39, 0.29) is 6.42 Å². The van der Waals surface area contributed by atoms with Crippen LogP contribution in [0.25, 0.3) is 0 Å². The number of rotatable bonds is 66. The molecule has 4 amide bonds. The SMILES string of the molecule is CCCCCCC=CCCCCCCCCCC(=O)N[C@@H](CO[C@@H]1O[C@H](CO)[C@@H](O[C@@H]2O[C@H](CO)[C@H](O[C@@H]3O[C@H](CO)[C@H](O)[C@H](O[C@@H]4O[C@H](CO)[C@H](O)[C@H](O)[C@H]4O)[C@H]3CC(C)=O)[C@H](O[C@]3(C(=O)O)C[C@H](O)[C@@H](NC(C)=O)C([C@H](O)[C@@H](CO)O[C@]4(C(=O)O)C[C@H](O)[C@@H](NC(C)=O)C([C@H](O)[C@@H](CO)O[C@]5(C(=O)O)C[C@H](O)[C@@H](NC(C)=O)C([C@H](O)[C@H](O)CO)O5)O4)O3)[C@H]2O)[C@H](O)[C@H]1O)[C@H](O)C=CCCCCCCCCCCCCC. The molecule has 147 heavy (non-hydrogen) atoms. The van der Waals surface area contributed by atoms with Gasteiger partial charge >= 0.3 is 17.9 Å². The van der Waals surface area contributed by atoms with Crippen LogP contribution in [-0.4, -0.2) is 465 Å². The van der Waals surface area contributed by atoms with E-state index in [2.05, 4.69) is 47.3 Å². The number of nitrogens with one attached hydrogen (secondary N) is 4. The Hall–Kier alpha value is -6.00. The fourth-order valence-corrected chi connectivity index (χ4v) is 19.4. The minimum atomic E-state index is -3.81. The number of Topliss-reactive ketones (excluding diaryl/α,β-unsaturated/α-hetero) is 1. The van der Waals surface area contributed by atoms with E-state index in [0.29, 0.717) is 12.8 Å². The van der Waals surface area contributed by atoms with Crippen molar-refractivity contribution >= 4 is 47.3 Å². The number of ether oxygens (including phenoxy) is 14. The fraction of sp³-hybridized carbons (Fsp3) is 0.875. The van der Waals surface area contributed by atoms with Crippen LogP contribution in [0.3, 0.4) is 0 Å². The van der Waals surface area contributed by atoms with Crippen molar-refractivity contribution in [3.05, 3.63) is 24.3 Å². The molecule has 0 aromatic rings. The van der Waals surface area contributed by atoms with E-state index in [1.54, 1.807) is 6.08 Å². The maximum absolute atomic E-state index is 14.7. The zero-order chi connectivity index (χ0) is 109. The molecule has 0 aliphatic carbocycles. The first kappa shape index (κ1) is 128. The minimum Gasteiger partial charge on any atom is -0.477 e. The van der Waals surface area contributed by atoms with Crippen molar-refractivity contribution in [1.82, 2.24) is 21.3 Å². The summed E-state index contributed by atoms with van der Waals surface area (Å²) in [5.74, 6) is -24.3. The van der Waals surface area contributed by atoms with Crippen molar-refractivity contribution in [2.24, 2.45) is 5.92 Å². The predicted octanol–water partition coefficient (Wildman–Crippen LogP) is -5.83. The van der Waals surface area contributed by atoms with E-state index in [4.69, 9.17) is 66.3 Å². The topological polar surface area (TPSA) is 820 Å². The van der Waals surface area contributed by atoms with Gasteiger partial charge in [0.05, 0.1) is 108 Å². The van der Waals surface area contributed by atoms with Crippen LogP contribution in [0.5, 0.6) is 0 Å². The van der Waals surface area contributed by atoms with E-state index in [9.17, 15) is 166 Å². The summed E-state index contributed by atoms with van der Waals surface area (Å²) in [7, 11) is 0. The number of aliphatic hydroxyl groups excluding tert-OH is 22. The average Bonchev–Trinajstić information content (AvgIpc) is 0.739. The molecule has 7 aliphatic rings. The van der Waals surface area contributed by atoms with Crippen LogP contribution in [0, 0.1) is 5.92 Å². The van der Waals surface area contributed by atoms with Crippen LogP contribution < -0.4 is 21.3 Å². The molecule has 29 N–H and O–H groups in total. The van der Waals surface area contributed by atoms with Crippen molar-refractivity contribution in [3.63, 3.8) is 0 Å². The maximum atomic E-state index is 14.7. The summed E-state index contributed by atoms with van der Waals surface area (Å²) in [5, 5.41) is 296. The molecule has 850 valence electrons. The molecule has 7 rings (SSSR count). The number of allylic oxidation sites excluding steroid dienone is 3. The van der Waals surface area contributed by atoms with Gasteiger partial charge in [-0.15, -0.1) is 0 Å². The van der Waals surface area contributed by atoms with Crippen LogP contribution in [0.1, 0.15) is 234 Å². The zero-order valence-electron chi connectivity index (χ0n) is 84.2. The van der Waals surface area contributed by atoms with Gasteiger partial charge in [0.25, 0.3) is 17.4 Å². The van der Waals surface area contributed by atoms with Gasteiger partial charge in [0.2, 0.25) is 23.6 Å². The molecule has 0 radical (unpaired) electrons. The monoisotopic (exact) mass is 2130 g/mol. The molecule has 40 atom stereocenters. The Balaban J connectivity index is 1.24. The van der Waals surface area contributed by atoms with Crippen LogP contribution in [0.4, 0.5) is 0 Å². The van der Waals surface area contributed by atoms with Gasteiger partial charge < -0.3 is 220 Å². The lowest BCUT2D eigenvalue weighted by Crippen LogP contribution is -2.72. The number of unbranched alkanes of at least 4 members (excludes halogenated alkanes) is 22. The smallest absolute Gasteiger partial charge is 0.364 e. The molecule has 7 aliphatic heterocycles. The molecule has 7 saturated heterocycles. The van der Waals surface area contributed by atoms with Gasteiger partial charge in [-0.3, -0.25) is 19.2 Å². The van der Waals surface area contributed by atoms with Gasteiger partial charge in [0, 0.05) is 58.8 Å². The molecule has 51 heteroatoms. The highest BCUT2D eigenvalue weighted by molar-refractivity contribution is 5.79. The zero-order valence-corrected chi connectivity index (χ0v) is 84.2. The van der Waals surface area contributed by atoms with Crippen molar-refractivity contribution in [1.29, 1.82) is 0 Å². The third-order valence-corrected chi connectivity index (χ3v) is 27.5. The second kappa shape index (κ2) is 63.1. The molecule has 7 heterocycles. The summed E-state index contributed by atoms with van der Waals surface area (Å²) in [6.07, 6.45) is -46.0. The summed E-state index contributed by atoms with van der Waals surface area (Å²) in [6, 6.07) is -7.46. The first-order chi connectivity index (χ1) is 69.9. The molecule has 0 aromatic carbocycles. The van der Waals surface area contributed by atoms with Crippen molar-refractivity contribution in [2.45, 2.75) is 472 Å². The molecule has 3 unspecified atom stereocenters. The van der Waals surface area contributed by atoms with Crippen LogP contribution in [-0.2, 0) is 105 Å². The fourth-order valence-electron chi connectivity index (χ4n) is 19.4. The van der Waals surface area contributed by atoms with Crippen molar-refractivity contribution < 1.29 is 232 Å². The lowest BCUT2D eigenvalue weighted by molar-refractivity contribution is -0.407. The number of carbonyl (C=O) groups is 8. The first-order valence-corrected chi connectivity index (χ1v) is 51.2. The number of hydrogen-bond acceptors (Lipinski definition) is 44. The van der Waals surface area contributed by atoms with Gasteiger partial charge in [-0.05, 0) is 51.9 Å². The normalized spacial score (nSPS) is 35.6. The molecular formula is C96H164N4O47. The highest BCUT2D eigenvalue weighted by Crippen LogP contribution is 2.46. The minimum absolute atomic E-state index is 0.0468. The number of carboxylic acid groups (broad SMARTS) is 3. The van der Waals surface area contributed by atoms with Crippen LogP contribution in [0.2, 0.25) is 0 Å². The van der Waals surface area contributed by atoms with E-state index < -0.39 is 369 Å². The maximum Gasteiger partial charge on any atom is 0.364 e. The average molecular weight is 2130 g/mol. The molecular weight excluding hydrogens is 1960 g/mol. The first-order valence-electron chi connectivity index (χ1n) is 51.2.